The molecule has 2 heterocycles. The molecule has 3 aromatic rings. The van der Waals surface area contributed by atoms with E-state index in [4.69, 9.17) is 4.74 Å². The first-order chi connectivity index (χ1) is 15.1. The second-order valence-electron chi connectivity index (χ2n) is 7.78. The normalized spacial score (nSPS) is 14.6. The molecule has 2 aromatic carbocycles. The van der Waals surface area contributed by atoms with E-state index in [0.717, 1.165) is 32.7 Å². The quantitative estimate of drug-likeness (QED) is 0.585. The molecule has 0 atom stereocenters. The molecule has 1 saturated heterocycles. The smallest absolute Gasteiger partial charge is 0.254 e. The fourth-order valence-corrected chi connectivity index (χ4v) is 3.80. The Hall–Kier alpha value is -3.26. The largest absolute Gasteiger partial charge is 0.486 e. The molecule has 0 spiro atoms. The number of carbonyl (C=O) groups is 1. The Bertz CT molecular complexity index is 1030. The van der Waals surface area contributed by atoms with Gasteiger partial charge >= 0.3 is 0 Å². The summed E-state index contributed by atoms with van der Waals surface area (Å²) < 4.78 is 7.51. The van der Waals surface area contributed by atoms with Gasteiger partial charge < -0.3 is 9.64 Å². The van der Waals surface area contributed by atoms with Crippen molar-refractivity contribution in [1.82, 2.24) is 30.0 Å². The molecule has 1 fully saturated rings. The van der Waals surface area contributed by atoms with Gasteiger partial charge in [0.2, 0.25) is 0 Å². The number of carbonyl (C=O) groups excluding carboxylic acids is 1. The number of benzene rings is 2. The third-order valence-corrected chi connectivity index (χ3v) is 5.50. The van der Waals surface area contributed by atoms with Crippen molar-refractivity contribution in [3.8, 4) is 5.75 Å². The molecule has 8 heteroatoms. The van der Waals surface area contributed by atoms with Gasteiger partial charge in [0.05, 0.1) is 0 Å². The van der Waals surface area contributed by atoms with Gasteiger partial charge in [-0.2, -0.15) is 0 Å². The predicted molar refractivity (Wildman–Crippen MR) is 117 cm³/mol. The van der Waals surface area contributed by atoms with Gasteiger partial charge in [-0.25, -0.2) is 4.68 Å². The zero-order valence-corrected chi connectivity index (χ0v) is 18.1. The number of rotatable bonds is 7. The first kappa shape index (κ1) is 21.0. The number of tetrazole rings is 1. The van der Waals surface area contributed by atoms with E-state index in [9.17, 15) is 4.79 Å². The van der Waals surface area contributed by atoms with Crippen LogP contribution in [0.5, 0.6) is 5.75 Å². The lowest BCUT2D eigenvalue weighted by molar-refractivity contribution is 0.0628. The summed E-state index contributed by atoms with van der Waals surface area (Å²) in [7, 11) is 0. The average Bonchev–Trinajstić information content (AvgIpc) is 3.26. The summed E-state index contributed by atoms with van der Waals surface area (Å²) in [6.07, 6.45) is 0. The van der Waals surface area contributed by atoms with E-state index < -0.39 is 0 Å². The summed E-state index contributed by atoms with van der Waals surface area (Å²) in [6, 6.07) is 15.9. The van der Waals surface area contributed by atoms with Gasteiger partial charge in [-0.1, -0.05) is 35.9 Å². The van der Waals surface area contributed by atoms with E-state index in [1.54, 1.807) is 10.7 Å². The Labute approximate surface area is 182 Å². The number of aryl methyl sites for hydroxylation is 2. The summed E-state index contributed by atoms with van der Waals surface area (Å²) in [4.78, 5) is 17.3. The molecular weight excluding hydrogens is 392 g/mol. The highest BCUT2D eigenvalue weighted by atomic mass is 16.5. The fraction of sp³-hybridized carbons (Fsp3) is 0.391. The van der Waals surface area contributed by atoms with Crippen LogP contribution in [0.1, 0.15) is 34.2 Å². The highest BCUT2D eigenvalue weighted by Gasteiger charge is 2.22. The van der Waals surface area contributed by atoms with E-state index in [0.29, 0.717) is 23.7 Å². The van der Waals surface area contributed by atoms with Gasteiger partial charge in [0.25, 0.3) is 5.91 Å². The summed E-state index contributed by atoms with van der Waals surface area (Å²) in [5, 5.41) is 11.5. The number of hydrogen-bond donors (Lipinski definition) is 0. The second kappa shape index (κ2) is 9.70. The van der Waals surface area contributed by atoms with Crippen LogP contribution in [0, 0.1) is 6.92 Å². The van der Waals surface area contributed by atoms with Crippen molar-refractivity contribution in [2.24, 2.45) is 0 Å². The zero-order chi connectivity index (χ0) is 21.6. The van der Waals surface area contributed by atoms with Crippen LogP contribution in [-0.2, 0) is 19.7 Å². The first-order valence-electron chi connectivity index (χ1n) is 10.7. The lowest BCUT2D eigenvalue weighted by Gasteiger charge is -2.35. The number of nitrogens with zero attached hydrogens (tertiary/aromatic N) is 6. The molecule has 0 unspecified atom stereocenters. The Morgan fingerprint density at radius 2 is 1.87 bits per heavy atom. The second-order valence-corrected chi connectivity index (χ2v) is 7.78. The third-order valence-electron chi connectivity index (χ3n) is 5.50. The standard InChI is InChI=1S/C23H28N6O2/c1-3-29-22(24-25-26-29)17-31-21-9-5-8-20(15-21)23(30)28-12-10-27(11-13-28)16-19-7-4-6-18(2)14-19/h4-9,14-15H,3,10-13,16-17H2,1-2H3. The molecule has 0 bridgehead atoms. The summed E-state index contributed by atoms with van der Waals surface area (Å²) in [6.45, 7) is 9.14. The zero-order valence-electron chi connectivity index (χ0n) is 18.1. The maximum Gasteiger partial charge on any atom is 0.254 e. The minimum atomic E-state index is 0.0408. The summed E-state index contributed by atoms with van der Waals surface area (Å²) >= 11 is 0. The highest BCUT2D eigenvalue weighted by molar-refractivity contribution is 5.94. The monoisotopic (exact) mass is 420 g/mol. The number of piperazine rings is 1. The van der Waals surface area contributed by atoms with Crippen molar-refractivity contribution in [1.29, 1.82) is 0 Å². The van der Waals surface area contributed by atoms with Crippen LogP contribution in [0.3, 0.4) is 0 Å². The van der Waals surface area contributed by atoms with E-state index in [-0.39, 0.29) is 12.5 Å². The molecule has 1 aliphatic rings. The minimum absolute atomic E-state index is 0.0408. The van der Waals surface area contributed by atoms with Crippen LogP contribution in [0.25, 0.3) is 0 Å². The molecule has 0 radical (unpaired) electrons. The predicted octanol–water partition coefficient (Wildman–Crippen LogP) is 2.54. The Kier molecular flexibility index (Phi) is 6.57. The third kappa shape index (κ3) is 5.27. The van der Waals surface area contributed by atoms with E-state index in [2.05, 4.69) is 51.6 Å². The van der Waals surface area contributed by atoms with Gasteiger partial charge in [-0.15, -0.1) is 5.10 Å². The van der Waals surface area contributed by atoms with E-state index >= 15 is 0 Å². The molecule has 0 aliphatic carbocycles. The molecule has 1 aromatic heterocycles. The Balaban J connectivity index is 1.32. The number of amides is 1. The van der Waals surface area contributed by atoms with E-state index in [1.165, 1.54) is 11.1 Å². The molecule has 0 saturated carbocycles. The van der Waals surface area contributed by atoms with Crippen molar-refractivity contribution in [3.05, 3.63) is 71.0 Å². The lowest BCUT2D eigenvalue weighted by Crippen LogP contribution is -2.48. The molecular formula is C23H28N6O2. The van der Waals surface area contributed by atoms with E-state index in [1.807, 2.05) is 30.0 Å². The lowest BCUT2D eigenvalue weighted by atomic mass is 10.1. The van der Waals surface area contributed by atoms with Crippen molar-refractivity contribution in [3.63, 3.8) is 0 Å². The summed E-state index contributed by atoms with van der Waals surface area (Å²) in [5.41, 5.74) is 3.23. The first-order valence-corrected chi connectivity index (χ1v) is 10.7. The molecule has 8 nitrogen and oxygen atoms in total. The summed E-state index contributed by atoms with van der Waals surface area (Å²) in [5.74, 6) is 1.33. The van der Waals surface area contributed by atoms with Crippen LogP contribution >= 0.6 is 0 Å². The van der Waals surface area contributed by atoms with Gasteiger partial charge in [-0.05, 0) is 48.0 Å². The molecule has 1 amide bonds. The van der Waals surface area contributed by atoms with Gasteiger partial charge in [0.15, 0.2) is 5.82 Å². The van der Waals surface area contributed by atoms with Gasteiger partial charge in [-0.3, -0.25) is 9.69 Å². The Morgan fingerprint density at radius 1 is 1.06 bits per heavy atom. The van der Waals surface area contributed by atoms with Crippen molar-refractivity contribution in [2.45, 2.75) is 33.5 Å². The number of hydrogen-bond acceptors (Lipinski definition) is 6. The molecule has 4 rings (SSSR count). The van der Waals surface area contributed by atoms with Gasteiger partial charge in [0, 0.05) is 44.8 Å². The average molecular weight is 421 g/mol. The number of ether oxygens (including phenoxy) is 1. The Morgan fingerprint density at radius 3 is 2.65 bits per heavy atom. The maximum atomic E-state index is 13.0. The van der Waals surface area contributed by atoms with Crippen LogP contribution in [0.4, 0.5) is 0 Å². The van der Waals surface area contributed by atoms with Crippen LogP contribution in [-0.4, -0.2) is 62.1 Å². The maximum absolute atomic E-state index is 13.0. The number of aromatic nitrogens is 4. The molecule has 31 heavy (non-hydrogen) atoms. The fourth-order valence-electron chi connectivity index (χ4n) is 3.80. The van der Waals surface area contributed by atoms with Crippen LogP contribution in [0.15, 0.2) is 48.5 Å². The van der Waals surface area contributed by atoms with Crippen molar-refractivity contribution < 1.29 is 9.53 Å². The molecule has 162 valence electrons. The van der Waals surface area contributed by atoms with Crippen LogP contribution < -0.4 is 4.74 Å². The SMILES string of the molecule is CCn1nnnc1COc1cccc(C(=O)N2CCN(Cc3cccc(C)c3)CC2)c1. The van der Waals surface area contributed by atoms with Crippen molar-refractivity contribution in [2.75, 3.05) is 26.2 Å². The minimum Gasteiger partial charge on any atom is -0.486 e. The van der Waals surface area contributed by atoms with Crippen molar-refractivity contribution >= 4 is 5.91 Å². The topological polar surface area (TPSA) is 76.4 Å². The molecule has 0 N–H and O–H groups in total. The van der Waals surface area contributed by atoms with Crippen LogP contribution in [0.2, 0.25) is 0 Å². The molecule has 1 aliphatic heterocycles. The highest BCUT2D eigenvalue weighted by Crippen LogP contribution is 2.18. The van der Waals surface area contributed by atoms with Gasteiger partial charge in [0.1, 0.15) is 12.4 Å².